The Morgan fingerprint density at radius 1 is 1.21 bits per heavy atom. The van der Waals surface area contributed by atoms with E-state index in [1.807, 2.05) is 48.5 Å². The van der Waals surface area contributed by atoms with Gasteiger partial charge in [0.1, 0.15) is 11.6 Å². The van der Waals surface area contributed by atoms with E-state index in [1.165, 1.54) is 0 Å². The summed E-state index contributed by atoms with van der Waals surface area (Å²) in [5.41, 5.74) is -2.57. The van der Waals surface area contributed by atoms with Gasteiger partial charge in [-0.05, 0) is 52.4 Å². The predicted octanol–water partition coefficient (Wildman–Crippen LogP) is 3.25. The number of carbonyl (C=O) groups is 3. The van der Waals surface area contributed by atoms with Crippen molar-refractivity contribution in [1.29, 1.82) is 0 Å². The van der Waals surface area contributed by atoms with E-state index < -0.39 is 40.7 Å². The SMILES string of the molecule is C=CCN(CCC)C(=O)[C@@H]1[C@H]2C(=O)N([C@@H](CO)C(C)C)C(C(=O)N(CC=C)C(C)(C)C)C23CC(C)[C@@]1(C)O3. The lowest BCUT2D eigenvalue weighted by Crippen LogP contribution is -2.62. The Balaban J connectivity index is 2.23. The zero-order valence-electron chi connectivity index (χ0n) is 24.7. The average Bonchev–Trinajstić information content (AvgIpc) is 3.33. The minimum Gasteiger partial charge on any atom is -0.394 e. The number of carbonyl (C=O) groups excluding carboxylic acids is 3. The maximum absolute atomic E-state index is 14.5. The highest BCUT2D eigenvalue weighted by Crippen LogP contribution is 2.66. The number of fused-ring (bicyclic) bond motifs is 1. The third-order valence-corrected chi connectivity index (χ3v) is 9.11. The van der Waals surface area contributed by atoms with Gasteiger partial charge in [-0.2, -0.15) is 0 Å². The molecule has 3 rings (SSSR count). The quantitative estimate of drug-likeness (QED) is 0.414. The van der Waals surface area contributed by atoms with Gasteiger partial charge in [0, 0.05) is 25.2 Å². The Morgan fingerprint density at radius 2 is 1.82 bits per heavy atom. The van der Waals surface area contributed by atoms with Crippen molar-refractivity contribution in [2.75, 3.05) is 26.2 Å². The molecular weight excluding hydrogens is 482 g/mol. The van der Waals surface area contributed by atoms with Gasteiger partial charge in [-0.25, -0.2) is 0 Å². The number of nitrogens with zero attached hydrogens (tertiary/aromatic N) is 3. The molecule has 0 saturated carbocycles. The molecule has 2 bridgehead atoms. The molecule has 0 aromatic rings. The second kappa shape index (κ2) is 10.8. The maximum atomic E-state index is 14.5. The number of rotatable bonds is 11. The van der Waals surface area contributed by atoms with Gasteiger partial charge in [-0.15, -0.1) is 13.2 Å². The number of aliphatic hydroxyl groups is 1. The largest absolute Gasteiger partial charge is 0.394 e. The van der Waals surface area contributed by atoms with Crippen LogP contribution >= 0.6 is 0 Å². The van der Waals surface area contributed by atoms with Gasteiger partial charge >= 0.3 is 0 Å². The number of aliphatic hydroxyl groups excluding tert-OH is 1. The van der Waals surface area contributed by atoms with Crippen LogP contribution in [0.25, 0.3) is 0 Å². The number of amides is 3. The normalized spacial score (nSPS) is 32.9. The van der Waals surface area contributed by atoms with Crippen molar-refractivity contribution in [2.24, 2.45) is 23.7 Å². The number of likely N-dealkylation sites (tertiary alicyclic amines) is 1. The topological polar surface area (TPSA) is 90.4 Å². The minimum absolute atomic E-state index is 0.0444. The van der Waals surface area contributed by atoms with Crippen LogP contribution in [0.2, 0.25) is 0 Å². The Labute approximate surface area is 229 Å². The molecule has 8 nitrogen and oxygen atoms in total. The van der Waals surface area contributed by atoms with Gasteiger partial charge in [-0.3, -0.25) is 14.4 Å². The van der Waals surface area contributed by atoms with Gasteiger partial charge in [0.25, 0.3) is 0 Å². The molecule has 3 aliphatic heterocycles. The fourth-order valence-corrected chi connectivity index (χ4v) is 7.19. The Morgan fingerprint density at radius 3 is 2.29 bits per heavy atom. The molecule has 3 unspecified atom stereocenters. The number of hydrogen-bond acceptors (Lipinski definition) is 5. The first-order chi connectivity index (χ1) is 17.7. The van der Waals surface area contributed by atoms with Crippen LogP contribution < -0.4 is 0 Å². The molecule has 0 aliphatic carbocycles. The molecule has 38 heavy (non-hydrogen) atoms. The van der Waals surface area contributed by atoms with Crippen LogP contribution in [0.3, 0.4) is 0 Å². The van der Waals surface area contributed by atoms with E-state index in [0.717, 1.165) is 6.42 Å². The van der Waals surface area contributed by atoms with Crippen molar-refractivity contribution in [2.45, 2.75) is 97.1 Å². The van der Waals surface area contributed by atoms with Crippen LogP contribution in [0.15, 0.2) is 25.3 Å². The van der Waals surface area contributed by atoms with Crippen LogP contribution in [-0.4, -0.2) is 92.6 Å². The summed E-state index contributed by atoms with van der Waals surface area (Å²) in [7, 11) is 0. The van der Waals surface area contributed by atoms with Crippen LogP contribution in [0, 0.1) is 23.7 Å². The lowest BCUT2D eigenvalue weighted by Gasteiger charge is -2.44. The molecule has 3 heterocycles. The average molecular weight is 532 g/mol. The van der Waals surface area contributed by atoms with Gasteiger partial charge in [-0.1, -0.05) is 39.8 Å². The van der Waals surface area contributed by atoms with Crippen molar-refractivity contribution < 1.29 is 24.2 Å². The van der Waals surface area contributed by atoms with Gasteiger partial charge in [0.2, 0.25) is 17.7 Å². The first kappa shape index (κ1) is 30.4. The summed E-state index contributed by atoms with van der Waals surface area (Å²) in [6, 6.07) is -1.52. The molecule has 0 aromatic carbocycles. The number of ether oxygens (including phenoxy) is 1. The molecule has 1 N–H and O–H groups in total. The summed E-state index contributed by atoms with van der Waals surface area (Å²) < 4.78 is 6.88. The summed E-state index contributed by atoms with van der Waals surface area (Å²) in [4.78, 5) is 48.3. The fraction of sp³-hybridized carbons (Fsp3) is 0.767. The molecule has 0 aromatic heterocycles. The van der Waals surface area contributed by atoms with Crippen molar-refractivity contribution in [3.8, 4) is 0 Å². The Hall–Kier alpha value is -2.19. The van der Waals surface area contributed by atoms with Gasteiger partial charge < -0.3 is 24.5 Å². The van der Waals surface area contributed by atoms with Crippen molar-refractivity contribution in [3.63, 3.8) is 0 Å². The van der Waals surface area contributed by atoms with Crippen LogP contribution in [0.4, 0.5) is 0 Å². The smallest absolute Gasteiger partial charge is 0.249 e. The van der Waals surface area contributed by atoms with Crippen LogP contribution in [0.1, 0.15) is 68.2 Å². The Bertz CT molecular complexity index is 958. The molecule has 7 atom stereocenters. The zero-order valence-corrected chi connectivity index (χ0v) is 24.7. The van der Waals surface area contributed by atoms with E-state index in [1.54, 1.807) is 26.9 Å². The summed E-state index contributed by atoms with van der Waals surface area (Å²) in [5.74, 6) is -2.29. The van der Waals surface area contributed by atoms with Gasteiger partial charge in [0.15, 0.2) is 0 Å². The van der Waals surface area contributed by atoms with E-state index in [4.69, 9.17) is 4.74 Å². The Kier molecular flexibility index (Phi) is 8.60. The monoisotopic (exact) mass is 531 g/mol. The maximum Gasteiger partial charge on any atom is 0.249 e. The van der Waals surface area contributed by atoms with E-state index in [0.29, 0.717) is 26.1 Å². The third kappa shape index (κ3) is 4.51. The third-order valence-electron chi connectivity index (χ3n) is 9.11. The summed E-state index contributed by atoms with van der Waals surface area (Å²) in [6.45, 7) is 24.4. The first-order valence-electron chi connectivity index (χ1n) is 14.1. The second-order valence-corrected chi connectivity index (χ2v) is 12.9. The molecule has 3 saturated heterocycles. The van der Waals surface area contributed by atoms with Crippen LogP contribution in [0.5, 0.6) is 0 Å². The number of hydrogen-bond donors (Lipinski definition) is 1. The molecular formula is C30H49N3O5. The summed E-state index contributed by atoms with van der Waals surface area (Å²) in [5, 5.41) is 10.5. The zero-order chi connectivity index (χ0) is 28.8. The molecule has 1 spiro atoms. The predicted molar refractivity (Wildman–Crippen MR) is 148 cm³/mol. The van der Waals surface area contributed by atoms with Gasteiger partial charge in [0.05, 0.1) is 30.1 Å². The van der Waals surface area contributed by atoms with E-state index in [2.05, 4.69) is 20.1 Å². The minimum atomic E-state index is -1.15. The van der Waals surface area contributed by atoms with Crippen molar-refractivity contribution in [3.05, 3.63) is 25.3 Å². The molecule has 8 heteroatoms. The highest BCUT2D eigenvalue weighted by atomic mass is 16.5. The van der Waals surface area contributed by atoms with E-state index in [-0.39, 0.29) is 36.2 Å². The molecule has 0 radical (unpaired) electrons. The van der Waals surface area contributed by atoms with Crippen molar-refractivity contribution in [1.82, 2.24) is 14.7 Å². The second-order valence-electron chi connectivity index (χ2n) is 12.9. The highest BCUT2D eigenvalue weighted by Gasteiger charge is 2.80. The van der Waals surface area contributed by atoms with Crippen LogP contribution in [-0.2, 0) is 19.1 Å². The lowest BCUT2D eigenvalue weighted by molar-refractivity contribution is -0.160. The molecule has 3 amide bonds. The lowest BCUT2D eigenvalue weighted by atomic mass is 9.62. The standard InChI is InChI=1S/C30H49N3O5/c1-11-14-31(15-12-2)25(35)22-23-26(36)33(21(18-34)19(4)5)24(27(37)32(16-13-3)28(7,8)9)30(23)17-20(6)29(22,10)38-30/h11,13,19-24,34H,1,3,12,14-18H2,2,4-10H3/t20?,21-,22-,23-,24?,29+,30?/m0/s1. The summed E-state index contributed by atoms with van der Waals surface area (Å²) in [6.07, 6.45) is 4.66. The highest BCUT2D eigenvalue weighted by molar-refractivity contribution is 5.99. The molecule has 3 fully saturated rings. The molecule has 3 aliphatic rings. The van der Waals surface area contributed by atoms with Crippen molar-refractivity contribution >= 4 is 17.7 Å². The molecule has 214 valence electrons. The van der Waals surface area contributed by atoms with E-state index in [9.17, 15) is 19.5 Å². The fourth-order valence-electron chi connectivity index (χ4n) is 7.19. The van der Waals surface area contributed by atoms with E-state index >= 15 is 0 Å². The summed E-state index contributed by atoms with van der Waals surface area (Å²) >= 11 is 0. The first-order valence-corrected chi connectivity index (χ1v) is 14.1.